The fourth-order valence-corrected chi connectivity index (χ4v) is 1.65. The van der Waals surface area contributed by atoms with Gasteiger partial charge in [0.1, 0.15) is 6.33 Å². The Hall–Kier alpha value is -2.36. The van der Waals surface area contributed by atoms with Gasteiger partial charge in [0.05, 0.1) is 5.71 Å². The van der Waals surface area contributed by atoms with Crippen LogP contribution in [0.3, 0.4) is 0 Å². The number of amides is 1. The minimum Gasteiger partial charge on any atom is -0.394 e. The average molecular weight is 336 g/mol. The molecule has 22 heavy (non-hydrogen) atoms. The van der Waals surface area contributed by atoms with Crippen molar-refractivity contribution in [1.29, 1.82) is 0 Å². The van der Waals surface area contributed by atoms with Crippen LogP contribution in [0.4, 0.5) is 18.0 Å². The lowest BCUT2D eigenvalue weighted by molar-refractivity contribution is -0.168. The molecule has 2 heterocycles. The summed E-state index contributed by atoms with van der Waals surface area (Å²) in [7, 11) is 1.25. The molecular weight excluding hydrogens is 327 g/mol. The summed E-state index contributed by atoms with van der Waals surface area (Å²) >= 11 is 5.50. The van der Waals surface area contributed by atoms with Crippen LogP contribution in [-0.4, -0.2) is 40.1 Å². The number of alkyl carbamates (subject to hydrolysis) is 1. The molecule has 0 bridgehead atoms. The third kappa shape index (κ3) is 3.27. The van der Waals surface area contributed by atoms with E-state index in [-0.39, 0.29) is 11.3 Å². The van der Waals surface area contributed by atoms with E-state index in [1.54, 1.807) is 0 Å². The van der Waals surface area contributed by atoms with Crippen molar-refractivity contribution in [2.24, 2.45) is 4.99 Å². The normalized spacial score (nSPS) is 21.3. The van der Waals surface area contributed by atoms with E-state index in [0.29, 0.717) is 0 Å². The van der Waals surface area contributed by atoms with Gasteiger partial charge in [-0.2, -0.15) is 13.2 Å². The number of nitrogens with one attached hydrogen (secondary N) is 2. The van der Waals surface area contributed by atoms with E-state index in [2.05, 4.69) is 25.0 Å². The summed E-state index contributed by atoms with van der Waals surface area (Å²) in [6, 6.07) is 0. The molecule has 1 aromatic rings. The van der Waals surface area contributed by atoms with Gasteiger partial charge in [-0.25, -0.2) is 19.8 Å². The van der Waals surface area contributed by atoms with Crippen LogP contribution in [0.5, 0.6) is 0 Å². The number of aliphatic imine (C=N–C) groups is 1. The molecule has 2 rings (SSSR count). The third-order valence-electron chi connectivity index (χ3n) is 2.47. The van der Waals surface area contributed by atoms with Crippen LogP contribution in [-0.2, 0) is 4.74 Å². The van der Waals surface area contributed by atoms with Crippen molar-refractivity contribution < 1.29 is 22.7 Å². The second-order valence-electron chi connectivity index (χ2n) is 4.02. The Labute approximate surface area is 127 Å². The summed E-state index contributed by atoms with van der Waals surface area (Å²) in [5.74, 6) is -0.513. The lowest BCUT2D eigenvalue weighted by Gasteiger charge is -2.31. The van der Waals surface area contributed by atoms with Gasteiger partial charge in [0.25, 0.3) is 0 Å². The Bertz CT molecular complexity index is 634. The standard InChI is InChI=1S/C11H9ClF3N5O2/c1-16-9(21)22-8-2-7(6-3-17-5-18-4-6)19-10(12,20-8)11(13,14)15/h2-5,20H,1H3,(H,16,21). The first kappa shape index (κ1) is 16.0. The first-order valence-electron chi connectivity index (χ1n) is 5.75. The Morgan fingerprint density at radius 1 is 1.41 bits per heavy atom. The predicted octanol–water partition coefficient (Wildman–Crippen LogP) is 1.52. The number of aromatic nitrogens is 2. The lowest BCUT2D eigenvalue weighted by atomic mass is 10.1. The monoisotopic (exact) mass is 335 g/mol. The van der Waals surface area contributed by atoms with Gasteiger partial charge < -0.3 is 15.4 Å². The van der Waals surface area contributed by atoms with E-state index in [1.807, 2.05) is 5.32 Å². The summed E-state index contributed by atoms with van der Waals surface area (Å²) in [6.07, 6.45) is -1.13. The zero-order valence-electron chi connectivity index (χ0n) is 11.0. The first-order valence-corrected chi connectivity index (χ1v) is 6.13. The maximum absolute atomic E-state index is 13.1. The molecule has 1 aromatic heterocycles. The second-order valence-corrected chi connectivity index (χ2v) is 4.56. The highest BCUT2D eigenvalue weighted by Gasteiger charge is 2.56. The molecule has 11 heteroatoms. The summed E-state index contributed by atoms with van der Waals surface area (Å²) in [6.45, 7) is 0. The minimum atomic E-state index is -4.94. The molecule has 0 spiro atoms. The Balaban J connectivity index is 2.45. The number of carbonyl (C=O) groups excluding carboxylic acids is 1. The molecule has 118 valence electrons. The highest BCUT2D eigenvalue weighted by molar-refractivity contribution is 6.26. The van der Waals surface area contributed by atoms with Gasteiger partial charge in [0.15, 0.2) is 0 Å². The highest BCUT2D eigenvalue weighted by Crippen LogP contribution is 2.38. The van der Waals surface area contributed by atoms with E-state index in [1.165, 1.54) is 25.8 Å². The van der Waals surface area contributed by atoms with Gasteiger partial charge >= 0.3 is 17.4 Å². The Morgan fingerprint density at radius 2 is 2.05 bits per heavy atom. The van der Waals surface area contributed by atoms with Crippen LogP contribution in [0.1, 0.15) is 5.56 Å². The lowest BCUT2D eigenvalue weighted by Crippen LogP contribution is -2.53. The molecule has 1 amide bonds. The van der Waals surface area contributed by atoms with E-state index >= 15 is 0 Å². The molecule has 1 atom stereocenters. The molecule has 1 aliphatic heterocycles. The maximum atomic E-state index is 13.1. The van der Waals surface area contributed by atoms with E-state index < -0.39 is 23.3 Å². The van der Waals surface area contributed by atoms with Crippen molar-refractivity contribution in [1.82, 2.24) is 20.6 Å². The quantitative estimate of drug-likeness (QED) is 0.632. The fraction of sp³-hybridized carbons (Fsp3) is 0.273. The van der Waals surface area contributed by atoms with Gasteiger partial charge in [0.2, 0.25) is 5.88 Å². The van der Waals surface area contributed by atoms with Crippen LogP contribution < -0.4 is 10.6 Å². The highest BCUT2D eigenvalue weighted by atomic mass is 35.5. The Morgan fingerprint density at radius 3 is 2.59 bits per heavy atom. The largest absolute Gasteiger partial charge is 0.447 e. The van der Waals surface area contributed by atoms with Crippen molar-refractivity contribution in [2.45, 2.75) is 11.3 Å². The zero-order chi connectivity index (χ0) is 16.4. The second kappa shape index (κ2) is 5.79. The van der Waals surface area contributed by atoms with Gasteiger partial charge in [-0.3, -0.25) is 0 Å². The van der Waals surface area contributed by atoms with Crippen molar-refractivity contribution in [3.05, 3.63) is 36.2 Å². The van der Waals surface area contributed by atoms with E-state index in [9.17, 15) is 18.0 Å². The molecule has 1 unspecified atom stereocenters. The number of hydrogen-bond acceptors (Lipinski definition) is 6. The van der Waals surface area contributed by atoms with Crippen molar-refractivity contribution in [2.75, 3.05) is 7.05 Å². The van der Waals surface area contributed by atoms with Gasteiger partial charge in [-0.05, 0) is 0 Å². The van der Waals surface area contributed by atoms with Crippen LogP contribution in [0.15, 0.2) is 35.7 Å². The SMILES string of the molecule is CNC(=O)OC1=CC(c2cncnc2)=NC(Cl)(C(F)(F)F)N1. The molecular formula is C11H9ClF3N5O2. The smallest absolute Gasteiger partial charge is 0.394 e. The number of allylic oxidation sites excluding steroid dienone is 1. The molecule has 0 fully saturated rings. The average Bonchev–Trinajstić information content (AvgIpc) is 2.46. The molecule has 2 N–H and O–H groups in total. The van der Waals surface area contributed by atoms with Gasteiger partial charge in [0, 0.05) is 31.1 Å². The summed E-state index contributed by atoms with van der Waals surface area (Å²) in [5, 5.41) is 0.757. The van der Waals surface area contributed by atoms with Crippen LogP contribution in [0, 0.1) is 0 Å². The number of nitrogens with zero attached hydrogens (tertiary/aromatic N) is 3. The van der Waals surface area contributed by atoms with Crippen molar-refractivity contribution >= 4 is 23.4 Å². The van der Waals surface area contributed by atoms with Gasteiger partial charge in [-0.1, -0.05) is 11.6 Å². The first-order chi connectivity index (χ1) is 10.2. The molecule has 0 aromatic carbocycles. The van der Waals surface area contributed by atoms with Crippen molar-refractivity contribution in [3.8, 4) is 0 Å². The van der Waals surface area contributed by atoms with Crippen LogP contribution >= 0.6 is 11.6 Å². The molecule has 0 radical (unpaired) electrons. The Kier molecular flexibility index (Phi) is 4.22. The number of ether oxygens (including phenoxy) is 1. The molecule has 1 aliphatic rings. The topological polar surface area (TPSA) is 88.5 Å². The van der Waals surface area contributed by atoms with Gasteiger partial charge in [-0.15, -0.1) is 0 Å². The molecule has 0 aliphatic carbocycles. The number of rotatable bonds is 2. The number of hydrogen-bond donors (Lipinski definition) is 2. The minimum absolute atomic E-state index is 0.177. The number of carbonyl (C=O) groups is 1. The molecule has 0 saturated heterocycles. The molecule has 0 saturated carbocycles. The maximum Gasteiger partial charge on any atom is 0.447 e. The van der Waals surface area contributed by atoms with E-state index in [0.717, 1.165) is 6.08 Å². The number of alkyl halides is 4. The summed E-state index contributed by atoms with van der Waals surface area (Å²) in [5.41, 5.74) is -0.0122. The van der Waals surface area contributed by atoms with Crippen LogP contribution in [0.25, 0.3) is 0 Å². The third-order valence-corrected chi connectivity index (χ3v) is 2.86. The van der Waals surface area contributed by atoms with Crippen molar-refractivity contribution in [3.63, 3.8) is 0 Å². The molecule has 7 nitrogen and oxygen atoms in total. The fourth-order valence-electron chi connectivity index (χ4n) is 1.47. The zero-order valence-corrected chi connectivity index (χ0v) is 11.7. The summed E-state index contributed by atoms with van der Waals surface area (Å²) < 4.78 is 44.0. The number of halogens is 4. The van der Waals surface area contributed by atoms with Crippen LogP contribution in [0.2, 0.25) is 0 Å². The predicted molar refractivity (Wildman–Crippen MR) is 70.0 cm³/mol. The summed E-state index contributed by atoms with van der Waals surface area (Å²) in [4.78, 5) is 22.0. The van der Waals surface area contributed by atoms with E-state index in [4.69, 9.17) is 11.6 Å².